The number of ether oxygens (including phenoxy) is 2. The summed E-state index contributed by atoms with van der Waals surface area (Å²) in [5, 5.41) is 9.89. The number of benzene rings is 1. The van der Waals surface area contributed by atoms with E-state index in [0.29, 0.717) is 6.04 Å². The van der Waals surface area contributed by atoms with E-state index in [-0.39, 0.29) is 0 Å². The van der Waals surface area contributed by atoms with E-state index in [2.05, 4.69) is 14.8 Å². The first-order chi connectivity index (χ1) is 13.8. The monoisotopic (exact) mass is 399 g/mol. The van der Waals surface area contributed by atoms with Crippen LogP contribution in [0.1, 0.15) is 43.7 Å². The quantitative estimate of drug-likeness (QED) is 0.499. The van der Waals surface area contributed by atoms with Crippen LogP contribution < -0.4 is 9.47 Å². The highest BCUT2D eigenvalue weighted by atomic mass is 32.2. The Bertz CT molecular complexity index is 902. The lowest BCUT2D eigenvalue weighted by Gasteiger charge is -2.25. The van der Waals surface area contributed by atoms with E-state index in [1.807, 2.05) is 30.3 Å². The van der Waals surface area contributed by atoms with Crippen molar-refractivity contribution in [2.45, 2.75) is 49.1 Å². The average molecular weight is 400 g/mol. The highest BCUT2D eigenvalue weighted by Crippen LogP contribution is 2.37. The molecule has 0 bridgehead atoms. The second kappa shape index (κ2) is 8.73. The van der Waals surface area contributed by atoms with E-state index in [0.717, 1.165) is 52.4 Å². The van der Waals surface area contributed by atoms with Crippen LogP contribution in [0.4, 0.5) is 0 Å². The van der Waals surface area contributed by atoms with Crippen LogP contribution in [0.2, 0.25) is 0 Å². The number of methoxy groups -OCH3 is 2. The Hall–Kier alpha value is -2.41. The lowest BCUT2D eigenvalue weighted by Crippen LogP contribution is -2.15. The number of hydrogen-bond donors (Lipinski definition) is 0. The van der Waals surface area contributed by atoms with Crippen LogP contribution in [0.25, 0.3) is 11.6 Å². The standard InChI is InChI=1S/C21H25N3O3S/c1-25-17-10-11-18(26-2)15(13-17)14-28-21-23-22-20(19-9-6-12-27-19)24(21)16-7-4-3-5-8-16/h6,9-13,16H,3-5,7-8,14H2,1-2H3. The van der Waals surface area contributed by atoms with Gasteiger partial charge in [-0.1, -0.05) is 31.0 Å². The van der Waals surface area contributed by atoms with Gasteiger partial charge in [-0.15, -0.1) is 10.2 Å². The zero-order chi connectivity index (χ0) is 19.3. The lowest BCUT2D eigenvalue weighted by atomic mass is 9.95. The zero-order valence-electron chi connectivity index (χ0n) is 16.3. The van der Waals surface area contributed by atoms with Crippen LogP contribution in [0.3, 0.4) is 0 Å². The van der Waals surface area contributed by atoms with Gasteiger partial charge in [0, 0.05) is 17.4 Å². The summed E-state index contributed by atoms with van der Waals surface area (Å²) in [5.74, 6) is 3.98. The predicted molar refractivity (Wildman–Crippen MR) is 109 cm³/mol. The third kappa shape index (κ3) is 3.90. The average Bonchev–Trinajstić information content (AvgIpc) is 3.42. The fraction of sp³-hybridized carbons (Fsp3) is 0.429. The minimum absolute atomic E-state index is 0.415. The maximum Gasteiger partial charge on any atom is 0.200 e. The van der Waals surface area contributed by atoms with Gasteiger partial charge in [0.05, 0.1) is 20.5 Å². The van der Waals surface area contributed by atoms with Gasteiger partial charge in [-0.25, -0.2) is 0 Å². The number of nitrogens with zero attached hydrogens (tertiary/aromatic N) is 3. The number of rotatable bonds is 7. The lowest BCUT2D eigenvalue weighted by molar-refractivity contribution is 0.337. The normalized spacial score (nSPS) is 14.9. The van der Waals surface area contributed by atoms with Crippen LogP contribution in [0, 0.1) is 0 Å². The molecule has 0 amide bonds. The van der Waals surface area contributed by atoms with Gasteiger partial charge in [0.2, 0.25) is 5.82 Å². The highest BCUT2D eigenvalue weighted by molar-refractivity contribution is 7.98. The molecule has 4 rings (SSSR count). The van der Waals surface area contributed by atoms with Gasteiger partial charge in [-0.3, -0.25) is 4.57 Å². The molecule has 1 aromatic carbocycles. The molecule has 2 heterocycles. The largest absolute Gasteiger partial charge is 0.497 e. The fourth-order valence-corrected chi connectivity index (χ4v) is 4.74. The summed E-state index contributed by atoms with van der Waals surface area (Å²) in [6.45, 7) is 0. The Morgan fingerprint density at radius 3 is 2.68 bits per heavy atom. The van der Waals surface area contributed by atoms with E-state index in [1.54, 1.807) is 32.2 Å². The van der Waals surface area contributed by atoms with Crippen LogP contribution in [0.15, 0.2) is 46.2 Å². The van der Waals surface area contributed by atoms with Gasteiger partial charge in [-0.05, 0) is 43.2 Å². The van der Waals surface area contributed by atoms with Gasteiger partial charge < -0.3 is 13.9 Å². The molecule has 1 fully saturated rings. The van der Waals surface area contributed by atoms with Crippen molar-refractivity contribution in [3.63, 3.8) is 0 Å². The summed E-state index contributed by atoms with van der Waals surface area (Å²) >= 11 is 1.67. The number of hydrogen-bond acceptors (Lipinski definition) is 6. The van der Waals surface area contributed by atoms with Crippen molar-refractivity contribution in [2.75, 3.05) is 14.2 Å². The van der Waals surface area contributed by atoms with Crippen molar-refractivity contribution in [3.05, 3.63) is 42.2 Å². The van der Waals surface area contributed by atoms with Gasteiger partial charge >= 0.3 is 0 Å². The summed E-state index contributed by atoms with van der Waals surface area (Å²) < 4.78 is 18.8. The Kier molecular flexibility index (Phi) is 5.90. The first-order valence-electron chi connectivity index (χ1n) is 9.62. The minimum Gasteiger partial charge on any atom is -0.497 e. The molecular formula is C21H25N3O3S. The van der Waals surface area contributed by atoms with E-state index >= 15 is 0 Å². The molecule has 148 valence electrons. The molecule has 0 aliphatic heterocycles. The molecule has 1 aliphatic rings. The van der Waals surface area contributed by atoms with E-state index in [9.17, 15) is 0 Å². The molecular weight excluding hydrogens is 374 g/mol. The predicted octanol–water partition coefficient (Wildman–Crippen LogP) is 5.35. The van der Waals surface area contributed by atoms with Crippen molar-refractivity contribution in [1.29, 1.82) is 0 Å². The molecule has 0 saturated heterocycles. The van der Waals surface area contributed by atoms with Crippen LogP contribution in [-0.2, 0) is 5.75 Å². The number of furan rings is 1. The second-order valence-corrected chi connectivity index (χ2v) is 7.85. The fourth-order valence-electron chi connectivity index (χ4n) is 3.75. The van der Waals surface area contributed by atoms with Crippen LogP contribution >= 0.6 is 11.8 Å². The Labute approximate surface area is 169 Å². The molecule has 0 spiro atoms. The molecule has 0 radical (unpaired) electrons. The Morgan fingerprint density at radius 2 is 1.96 bits per heavy atom. The molecule has 6 nitrogen and oxygen atoms in total. The first kappa shape index (κ1) is 18.9. The summed E-state index contributed by atoms with van der Waals surface area (Å²) in [4.78, 5) is 0. The summed E-state index contributed by atoms with van der Waals surface area (Å²) in [6, 6.07) is 10.1. The molecule has 0 atom stereocenters. The Balaban J connectivity index is 1.63. The molecule has 1 aliphatic carbocycles. The maximum atomic E-state index is 5.62. The molecule has 2 aromatic heterocycles. The number of thioether (sulfide) groups is 1. The van der Waals surface area contributed by atoms with Gasteiger partial charge in [0.1, 0.15) is 11.5 Å². The molecule has 0 unspecified atom stereocenters. The van der Waals surface area contributed by atoms with E-state index in [4.69, 9.17) is 13.9 Å². The molecule has 0 N–H and O–H groups in total. The smallest absolute Gasteiger partial charge is 0.200 e. The summed E-state index contributed by atoms with van der Waals surface area (Å²) in [7, 11) is 3.36. The maximum absolute atomic E-state index is 5.62. The topological polar surface area (TPSA) is 62.3 Å². The van der Waals surface area contributed by atoms with Crippen LogP contribution in [0.5, 0.6) is 11.5 Å². The molecule has 28 heavy (non-hydrogen) atoms. The first-order valence-corrected chi connectivity index (χ1v) is 10.6. The van der Waals surface area contributed by atoms with Crippen LogP contribution in [-0.4, -0.2) is 29.0 Å². The highest BCUT2D eigenvalue weighted by Gasteiger charge is 2.25. The van der Waals surface area contributed by atoms with Crippen molar-refractivity contribution in [2.24, 2.45) is 0 Å². The minimum atomic E-state index is 0.415. The van der Waals surface area contributed by atoms with E-state index in [1.165, 1.54) is 19.3 Å². The molecule has 7 heteroatoms. The second-order valence-electron chi connectivity index (χ2n) is 6.91. The molecule has 3 aromatic rings. The molecule has 1 saturated carbocycles. The SMILES string of the molecule is COc1ccc(OC)c(CSc2nnc(-c3ccco3)n2C2CCCCC2)c1. The van der Waals surface area contributed by atoms with Gasteiger partial charge in [-0.2, -0.15) is 0 Å². The summed E-state index contributed by atoms with van der Waals surface area (Å²) in [6.07, 6.45) is 7.79. The zero-order valence-corrected chi connectivity index (χ0v) is 17.1. The van der Waals surface area contributed by atoms with Gasteiger partial charge in [0.15, 0.2) is 10.9 Å². The van der Waals surface area contributed by atoms with Crippen molar-refractivity contribution in [3.8, 4) is 23.1 Å². The van der Waals surface area contributed by atoms with Crippen molar-refractivity contribution < 1.29 is 13.9 Å². The van der Waals surface area contributed by atoms with Gasteiger partial charge in [0.25, 0.3) is 0 Å². The third-order valence-electron chi connectivity index (χ3n) is 5.19. The van der Waals surface area contributed by atoms with Crippen molar-refractivity contribution >= 4 is 11.8 Å². The summed E-state index contributed by atoms with van der Waals surface area (Å²) in [5.41, 5.74) is 1.07. The number of aromatic nitrogens is 3. The Morgan fingerprint density at radius 1 is 1.11 bits per heavy atom. The van der Waals surface area contributed by atoms with E-state index < -0.39 is 0 Å². The third-order valence-corrected chi connectivity index (χ3v) is 6.18. The van der Waals surface area contributed by atoms with Crippen molar-refractivity contribution in [1.82, 2.24) is 14.8 Å².